The summed E-state index contributed by atoms with van der Waals surface area (Å²) in [4.78, 5) is 12.0. The van der Waals surface area contributed by atoms with E-state index in [2.05, 4.69) is 40.7 Å². The summed E-state index contributed by atoms with van der Waals surface area (Å²) in [5.74, 6) is 5.84. The first-order chi connectivity index (χ1) is 13.8. The van der Waals surface area contributed by atoms with Crippen LogP contribution in [-0.2, 0) is 4.79 Å². The van der Waals surface area contributed by atoms with E-state index in [1.54, 1.807) is 0 Å². The van der Waals surface area contributed by atoms with Crippen LogP contribution >= 0.6 is 0 Å². The number of rotatable bonds is 6. The second kappa shape index (κ2) is 8.16. The zero-order valence-corrected chi connectivity index (χ0v) is 19.9. The van der Waals surface area contributed by atoms with E-state index in [4.69, 9.17) is 0 Å². The van der Waals surface area contributed by atoms with E-state index < -0.39 is 0 Å². The molecule has 4 unspecified atom stereocenters. The number of allylic oxidation sites excluding steroid dienone is 1. The Balaban J connectivity index is 1.46. The molecule has 4 aliphatic carbocycles. The quantitative estimate of drug-likeness (QED) is 0.443. The van der Waals surface area contributed by atoms with Gasteiger partial charge in [0.25, 0.3) is 0 Å². The van der Waals surface area contributed by atoms with Gasteiger partial charge in [-0.3, -0.25) is 4.79 Å². The molecule has 29 heavy (non-hydrogen) atoms. The molecule has 1 heteroatoms. The summed E-state index contributed by atoms with van der Waals surface area (Å²) in [5.41, 5.74) is 2.43. The summed E-state index contributed by atoms with van der Waals surface area (Å²) in [7, 11) is 0. The maximum atomic E-state index is 12.0. The van der Waals surface area contributed by atoms with Gasteiger partial charge in [0.05, 0.1) is 0 Å². The van der Waals surface area contributed by atoms with E-state index in [0.29, 0.717) is 16.6 Å². The lowest BCUT2D eigenvalue weighted by atomic mass is 9.46. The van der Waals surface area contributed by atoms with Gasteiger partial charge in [-0.1, -0.05) is 65.9 Å². The van der Waals surface area contributed by atoms with E-state index in [9.17, 15) is 4.79 Å². The first-order valence-corrected chi connectivity index (χ1v) is 13.0. The van der Waals surface area contributed by atoms with Crippen LogP contribution in [0.25, 0.3) is 0 Å². The highest BCUT2D eigenvalue weighted by Crippen LogP contribution is 2.67. The second-order valence-corrected chi connectivity index (χ2v) is 12.1. The maximum absolute atomic E-state index is 12.0. The molecule has 0 aromatic carbocycles. The summed E-state index contributed by atoms with van der Waals surface area (Å²) in [6, 6.07) is 0. The Kier molecular flexibility index (Phi) is 6.09. The van der Waals surface area contributed by atoms with Crippen molar-refractivity contribution in [2.24, 2.45) is 46.3 Å². The van der Waals surface area contributed by atoms with E-state index in [1.807, 2.05) is 0 Å². The highest BCUT2D eigenvalue weighted by molar-refractivity contribution is 5.91. The predicted octanol–water partition coefficient (Wildman–Crippen LogP) is 7.99. The number of fused-ring (bicyclic) bond motifs is 5. The van der Waals surface area contributed by atoms with Gasteiger partial charge in [-0.2, -0.15) is 0 Å². The van der Waals surface area contributed by atoms with Crippen molar-refractivity contribution in [3.8, 4) is 0 Å². The molecule has 1 nitrogen and oxygen atoms in total. The Hall–Kier alpha value is -0.590. The molecule has 0 aromatic heterocycles. The minimum atomic E-state index is 0.331. The minimum absolute atomic E-state index is 0.331. The third kappa shape index (κ3) is 3.67. The average molecular weight is 399 g/mol. The number of carbonyl (C=O) groups excluding carboxylic acids is 1. The zero-order valence-electron chi connectivity index (χ0n) is 19.9. The van der Waals surface area contributed by atoms with Crippen LogP contribution in [0.3, 0.4) is 0 Å². The van der Waals surface area contributed by atoms with Gasteiger partial charge in [0.2, 0.25) is 0 Å². The zero-order chi connectivity index (χ0) is 20.8. The van der Waals surface area contributed by atoms with Crippen molar-refractivity contribution in [1.82, 2.24) is 0 Å². The van der Waals surface area contributed by atoms with E-state index in [0.717, 1.165) is 48.3 Å². The molecule has 0 radical (unpaired) electrons. The summed E-state index contributed by atoms with van der Waals surface area (Å²) in [6.07, 6.45) is 18.0. The highest BCUT2D eigenvalue weighted by Gasteiger charge is 2.59. The van der Waals surface area contributed by atoms with Crippen molar-refractivity contribution in [3.05, 3.63) is 11.6 Å². The third-order valence-corrected chi connectivity index (χ3v) is 10.8. The first-order valence-electron chi connectivity index (χ1n) is 13.0. The smallest absolute Gasteiger partial charge is 0.155 e. The molecule has 0 spiro atoms. The number of hydrogen-bond acceptors (Lipinski definition) is 1. The molecular formula is C28H46O. The van der Waals surface area contributed by atoms with Crippen molar-refractivity contribution in [2.75, 3.05) is 0 Å². The third-order valence-electron chi connectivity index (χ3n) is 10.8. The van der Waals surface area contributed by atoms with Gasteiger partial charge in [-0.15, -0.1) is 0 Å². The standard InChI is InChI=1S/C28H46O/c1-6-19(2)8-7-9-20(3)24-12-13-25-23-11-10-21-18-22(29)14-16-27(21,4)26(23)15-17-28(24,25)5/h18-20,23-26H,6-17H2,1-5H3/t19-,20?,23?,24-,25?,26?,27+,28-/m1/s1. The molecule has 4 rings (SSSR count). The van der Waals surface area contributed by atoms with Crippen LogP contribution in [0.15, 0.2) is 11.6 Å². The van der Waals surface area contributed by atoms with Crippen molar-refractivity contribution in [1.29, 1.82) is 0 Å². The van der Waals surface area contributed by atoms with Gasteiger partial charge >= 0.3 is 0 Å². The van der Waals surface area contributed by atoms with Crippen LogP contribution in [0.2, 0.25) is 0 Å². The van der Waals surface area contributed by atoms with Gasteiger partial charge in [0, 0.05) is 6.42 Å². The van der Waals surface area contributed by atoms with Gasteiger partial charge < -0.3 is 0 Å². The Morgan fingerprint density at radius 3 is 2.55 bits per heavy atom. The summed E-state index contributed by atoms with van der Waals surface area (Å²) >= 11 is 0. The highest BCUT2D eigenvalue weighted by atomic mass is 16.1. The largest absolute Gasteiger partial charge is 0.295 e. The Labute approximate surface area is 180 Å². The Morgan fingerprint density at radius 2 is 1.79 bits per heavy atom. The molecule has 164 valence electrons. The molecular weight excluding hydrogens is 352 g/mol. The summed E-state index contributed by atoms with van der Waals surface area (Å²) < 4.78 is 0. The van der Waals surface area contributed by atoms with Gasteiger partial charge in [0.15, 0.2) is 5.78 Å². The van der Waals surface area contributed by atoms with Crippen molar-refractivity contribution >= 4 is 5.78 Å². The maximum Gasteiger partial charge on any atom is 0.155 e. The molecule has 0 amide bonds. The van der Waals surface area contributed by atoms with Gasteiger partial charge in [-0.05, 0) is 97.4 Å². The molecule has 3 saturated carbocycles. The summed E-state index contributed by atoms with van der Waals surface area (Å²) in [6.45, 7) is 12.5. The molecule has 0 saturated heterocycles. The Bertz CT molecular complexity index is 647. The fourth-order valence-corrected chi connectivity index (χ4v) is 8.73. The molecule has 0 heterocycles. The molecule has 0 N–H and O–H groups in total. The van der Waals surface area contributed by atoms with Gasteiger partial charge in [0.1, 0.15) is 0 Å². The molecule has 8 atom stereocenters. The lowest BCUT2D eigenvalue weighted by Crippen LogP contribution is -2.50. The lowest BCUT2D eigenvalue weighted by Gasteiger charge is -2.58. The Morgan fingerprint density at radius 1 is 1.00 bits per heavy atom. The summed E-state index contributed by atoms with van der Waals surface area (Å²) in [5, 5.41) is 0. The lowest BCUT2D eigenvalue weighted by molar-refractivity contribution is -0.117. The normalized spacial score (nSPS) is 43.8. The monoisotopic (exact) mass is 398 g/mol. The van der Waals surface area contributed by atoms with Crippen LogP contribution in [-0.4, -0.2) is 5.78 Å². The number of carbonyl (C=O) groups is 1. The minimum Gasteiger partial charge on any atom is -0.295 e. The van der Waals surface area contributed by atoms with Crippen LogP contribution in [0.1, 0.15) is 112 Å². The van der Waals surface area contributed by atoms with Crippen LogP contribution in [0.5, 0.6) is 0 Å². The SMILES string of the molecule is CC[C@@H](C)CCCC(C)[C@H]1CCC2C3CCC4=CC(=O)CC[C@]4(C)C3CC[C@@]21C. The van der Waals surface area contributed by atoms with Crippen molar-refractivity contribution in [2.45, 2.75) is 112 Å². The van der Waals surface area contributed by atoms with Crippen LogP contribution in [0, 0.1) is 46.3 Å². The fourth-order valence-electron chi connectivity index (χ4n) is 8.73. The number of hydrogen-bond donors (Lipinski definition) is 0. The molecule has 0 aliphatic heterocycles. The van der Waals surface area contributed by atoms with Crippen LogP contribution < -0.4 is 0 Å². The molecule has 4 aliphatic rings. The average Bonchev–Trinajstić information content (AvgIpc) is 3.05. The first kappa shape index (κ1) is 21.6. The van der Waals surface area contributed by atoms with E-state index in [1.165, 1.54) is 69.8 Å². The van der Waals surface area contributed by atoms with Crippen molar-refractivity contribution < 1.29 is 4.79 Å². The topological polar surface area (TPSA) is 17.1 Å². The van der Waals surface area contributed by atoms with Gasteiger partial charge in [-0.25, -0.2) is 0 Å². The van der Waals surface area contributed by atoms with E-state index in [-0.39, 0.29) is 0 Å². The second-order valence-electron chi connectivity index (χ2n) is 12.1. The molecule has 0 bridgehead atoms. The molecule has 0 aromatic rings. The fraction of sp³-hybridized carbons (Fsp3) is 0.893. The van der Waals surface area contributed by atoms with E-state index >= 15 is 0 Å². The number of ketones is 1. The van der Waals surface area contributed by atoms with Crippen molar-refractivity contribution in [3.63, 3.8) is 0 Å². The predicted molar refractivity (Wildman–Crippen MR) is 123 cm³/mol. The molecule has 3 fully saturated rings. The van der Waals surface area contributed by atoms with Crippen LogP contribution in [0.4, 0.5) is 0 Å².